The Balaban J connectivity index is 1.95. The summed E-state index contributed by atoms with van der Waals surface area (Å²) >= 11 is 5.34. The zero-order chi connectivity index (χ0) is 22.1. The minimum Gasteiger partial charge on any atom is -0.460 e. The van der Waals surface area contributed by atoms with Gasteiger partial charge in [-0.25, -0.2) is 18.6 Å². The van der Waals surface area contributed by atoms with Crippen molar-refractivity contribution in [3.8, 4) is 0 Å². The fourth-order valence-electron chi connectivity index (χ4n) is 3.32. The molecule has 0 spiro atoms. The molecule has 0 aliphatic carbocycles. The standard InChI is InChI=1S/C21H25F2N3O3S/c1-13-5-6-14(9-16(13)23)18(28-20(30)25-8-7-24-12-25)17-10-15(22)11-26(17)19(27)29-21(2,3)4/h5-9,12,15,17-18H,10-11H2,1-4H3/t15-,17+,18?/m1/s1. The van der Waals surface area contributed by atoms with E-state index in [1.165, 1.54) is 28.1 Å². The second-order valence-corrected chi connectivity index (χ2v) is 8.67. The highest BCUT2D eigenvalue weighted by atomic mass is 32.1. The van der Waals surface area contributed by atoms with Crippen LogP contribution in [-0.2, 0) is 9.47 Å². The van der Waals surface area contributed by atoms with Crippen LogP contribution in [0.4, 0.5) is 13.6 Å². The van der Waals surface area contributed by atoms with Gasteiger partial charge in [0.15, 0.2) is 0 Å². The van der Waals surface area contributed by atoms with E-state index in [2.05, 4.69) is 4.98 Å². The van der Waals surface area contributed by atoms with Gasteiger partial charge in [-0.2, -0.15) is 0 Å². The van der Waals surface area contributed by atoms with E-state index in [4.69, 9.17) is 21.7 Å². The van der Waals surface area contributed by atoms with Crippen LogP contribution >= 0.6 is 12.2 Å². The fraction of sp³-hybridized carbons (Fsp3) is 0.476. The largest absolute Gasteiger partial charge is 0.460 e. The lowest BCUT2D eigenvalue weighted by atomic mass is 9.98. The normalized spacial score (nSPS) is 20.1. The van der Waals surface area contributed by atoms with Crippen LogP contribution in [0.2, 0.25) is 0 Å². The van der Waals surface area contributed by atoms with Gasteiger partial charge in [-0.1, -0.05) is 12.1 Å². The van der Waals surface area contributed by atoms with Crippen molar-refractivity contribution in [3.05, 3.63) is 53.9 Å². The number of carbonyl (C=O) groups excluding carboxylic acids is 1. The Bertz CT molecular complexity index is 915. The van der Waals surface area contributed by atoms with Gasteiger partial charge in [0, 0.05) is 18.8 Å². The zero-order valence-electron chi connectivity index (χ0n) is 17.3. The van der Waals surface area contributed by atoms with E-state index in [0.717, 1.165) is 0 Å². The smallest absolute Gasteiger partial charge is 0.410 e. The van der Waals surface area contributed by atoms with Gasteiger partial charge in [-0.15, -0.1) is 0 Å². The molecule has 1 aromatic carbocycles. The second kappa shape index (κ2) is 8.67. The highest BCUT2D eigenvalue weighted by Crippen LogP contribution is 2.35. The minimum absolute atomic E-state index is 0.0198. The van der Waals surface area contributed by atoms with Crippen LogP contribution in [0, 0.1) is 12.7 Å². The molecule has 6 nitrogen and oxygen atoms in total. The van der Waals surface area contributed by atoms with Crippen LogP contribution in [0.15, 0.2) is 36.9 Å². The van der Waals surface area contributed by atoms with Crippen LogP contribution in [-0.4, -0.2) is 50.1 Å². The average Bonchev–Trinajstić information content (AvgIpc) is 3.30. The lowest BCUT2D eigenvalue weighted by Crippen LogP contribution is -2.43. The number of aryl methyl sites for hydroxylation is 1. The van der Waals surface area contributed by atoms with Crippen molar-refractivity contribution in [1.29, 1.82) is 0 Å². The zero-order valence-corrected chi connectivity index (χ0v) is 18.2. The first-order valence-corrected chi connectivity index (χ1v) is 10.0. The summed E-state index contributed by atoms with van der Waals surface area (Å²) in [5.74, 6) is -0.423. The van der Waals surface area contributed by atoms with Crippen LogP contribution in [0.1, 0.15) is 44.4 Å². The molecule has 3 atom stereocenters. The molecular weight excluding hydrogens is 412 g/mol. The van der Waals surface area contributed by atoms with Crippen molar-refractivity contribution in [3.63, 3.8) is 0 Å². The molecule has 1 fully saturated rings. The maximum Gasteiger partial charge on any atom is 0.410 e. The molecule has 1 amide bonds. The first kappa shape index (κ1) is 22.1. The summed E-state index contributed by atoms with van der Waals surface area (Å²) in [4.78, 5) is 18.0. The third-order valence-electron chi connectivity index (χ3n) is 4.74. The Kier molecular flexibility index (Phi) is 6.40. The number of hydrogen-bond donors (Lipinski definition) is 0. The van der Waals surface area contributed by atoms with Gasteiger partial charge in [0.05, 0.1) is 12.6 Å². The molecule has 30 heavy (non-hydrogen) atoms. The molecule has 162 valence electrons. The van der Waals surface area contributed by atoms with Gasteiger partial charge < -0.3 is 9.47 Å². The number of halogens is 2. The topological polar surface area (TPSA) is 56.6 Å². The number of hydrogen-bond acceptors (Lipinski definition) is 5. The number of likely N-dealkylation sites (tertiary alicyclic amines) is 1. The predicted molar refractivity (Wildman–Crippen MR) is 111 cm³/mol. The molecule has 2 heterocycles. The molecule has 9 heteroatoms. The van der Waals surface area contributed by atoms with Gasteiger partial charge >= 0.3 is 6.09 Å². The van der Waals surface area contributed by atoms with Gasteiger partial charge in [-0.3, -0.25) is 9.47 Å². The number of aromatic nitrogens is 2. The molecule has 1 saturated heterocycles. The SMILES string of the molecule is Cc1ccc(C(OC(=S)n2ccnc2)[C@@H]2C[C@@H](F)CN2C(=O)OC(C)(C)C)cc1F. The summed E-state index contributed by atoms with van der Waals surface area (Å²) in [5, 5.41) is 0.0601. The van der Waals surface area contributed by atoms with E-state index >= 15 is 0 Å². The van der Waals surface area contributed by atoms with E-state index in [1.54, 1.807) is 46.0 Å². The number of alkyl halides is 1. The molecular formula is C21H25F2N3O3S. The number of rotatable bonds is 3. The van der Waals surface area contributed by atoms with E-state index in [1.807, 2.05) is 0 Å². The van der Waals surface area contributed by atoms with E-state index in [9.17, 15) is 13.6 Å². The average molecular weight is 438 g/mol. The van der Waals surface area contributed by atoms with Crippen LogP contribution in [0.25, 0.3) is 0 Å². The lowest BCUT2D eigenvalue weighted by Gasteiger charge is -2.33. The Morgan fingerprint density at radius 3 is 2.70 bits per heavy atom. The van der Waals surface area contributed by atoms with Crippen LogP contribution in [0.5, 0.6) is 0 Å². The highest BCUT2D eigenvalue weighted by molar-refractivity contribution is 7.80. The predicted octanol–water partition coefficient (Wildman–Crippen LogP) is 4.57. The summed E-state index contributed by atoms with van der Waals surface area (Å²) in [5.41, 5.74) is 0.177. The molecule has 2 aromatic rings. The van der Waals surface area contributed by atoms with Gasteiger partial charge in [0.25, 0.3) is 5.17 Å². The number of carbonyl (C=O) groups is 1. The van der Waals surface area contributed by atoms with Crippen molar-refractivity contribution >= 4 is 23.5 Å². The number of ether oxygens (including phenoxy) is 2. The molecule has 1 unspecified atom stereocenters. The third-order valence-corrected chi connectivity index (χ3v) is 5.04. The van der Waals surface area contributed by atoms with Crippen LogP contribution < -0.4 is 0 Å². The highest BCUT2D eigenvalue weighted by Gasteiger charge is 2.44. The summed E-state index contributed by atoms with van der Waals surface area (Å²) in [7, 11) is 0. The van der Waals surface area contributed by atoms with E-state index in [-0.39, 0.29) is 18.1 Å². The van der Waals surface area contributed by atoms with Crippen LogP contribution in [0.3, 0.4) is 0 Å². The number of imidazole rings is 1. The molecule has 0 radical (unpaired) electrons. The first-order valence-electron chi connectivity index (χ1n) is 9.64. The lowest BCUT2D eigenvalue weighted by molar-refractivity contribution is 0.00678. The van der Waals surface area contributed by atoms with Crippen molar-refractivity contribution in [2.45, 2.75) is 58.0 Å². The third kappa shape index (κ3) is 5.13. The van der Waals surface area contributed by atoms with Crippen molar-refractivity contribution in [2.75, 3.05) is 6.54 Å². The van der Waals surface area contributed by atoms with Gasteiger partial charge in [0.1, 0.15) is 30.0 Å². The number of thiocarbonyl (C=S) groups is 1. The Morgan fingerprint density at radius 1 is 1.37 bits per heavy atom. The Morgan fingerprint density at radius 2 is 2.10 bits per heavy atom. The summed E-state index contributed by atoms with van der Waals surface area (Å²) in [6, 6.07) is 3.91. The summed E-state index contributed by atoms with van der Waals surface area (Å²) in [6.45, 7) is 6.72. The molecule has 1 aromatic heterocycles. The van der Waals surface area contributed by atoms with Gasteiger partial charge in [-0.05, 0) is 57.1 Å². The maximum atomic E-state index is 14.4. The molecule has 0 saturated carbocycles. The minimum atomic E-state index is -1.26. The van der Waals surface area contributed by atoms with Crippen molar-refractivity contribution < 1.29 is 23.0 Å². The molecule has 0 N–H and O–H groups in total. The van der Waals surface area contributed by atoms with Crippen molar-refractivity contribution in [1.82, 2.24) is 14.5 Å². The summed E-state index contributed by atoms with van der Waals surface area (Å²) < 4.78 is 41.6. The van der Waals surface area contributed by atoms with E-state index in [0.29, 0.717) is 11.1 Å². The molecule has 0 bridgehead atoms. The monoisotopic (exact) mass is 437 g/mol. The fourth-order valence-corrected chi connectivity index (χ4v) is 3.53. The number of benzene rings is 1. The molecule has 3 rings (SSSR count). The molecule has 1 aliphatic heterocycles. The van der Waals surface area contributed by atoms with Gasteiger partial charge in [0.2, 0.25) is 0 Å². The first-order chi connectivity index (χ1) is 14.0. The van der Waals surface area contributed by atoms with E-state index < -0.39 is 35.8 Å². The maximum absolute atomic E-state index is 14.4. The Labute approximate surface area is 179 Å². The number of amides is 1. The van der Waals surface area contributed by atoms with Crippen molar-refractivity contribution in [2.24, 2.45) is 0 Å². The quantitative estimate of drug-likeness (QED) is 0.659. The second-order valence-electron chi connectivity index (χ2n) is 8.32. The molecule has 1 aliphatic rings. The summed E-state index contributed by atoms with van der Waals surface area (Å²) in [6.07, 6.45) is 1.83. The number of nitrogens with zero attached hydrogens (tertiary/aromatic N) is 3. The Hall–Kier alpha value is -2.55.